The molecule has 0 amide bonds. The third-order valence-corrected chi connectivity index (χ3v) is 13.3. The Bertz CT molecular complexity index is 1840. The smallest absolute Gasteiger partial charge is 0.335 e. The molecule has 252 valence electrons. The fourth-order valence-electron chi connectivity index (χ4n) is 11.3. The molecule has 2 aromatic rings. The van der Waals surface area contributed by atoms with Crippen LogP contribution < -0.4 is 19.7 Å². The average Bonchev–Trinajstić information content (AvgIpc) is 3.62. The van der Waals surface area contributed by atoms with Crippen molar-refractivity contribution in [2.45, 2.75) is 79.2 Å². The first-order valence-electron chi connectivity index (χ1n) is 17.2. The molecule has 11 nitrogen and oxygen atoms in total. The SMILES string of the molecule is COc1ccc2c3c1OC1=C(NOCC(=O)O[C@H]4C=CC5C6Cc7ccc(O)c8c7[C@@]5(CCN6C)[C@H]4O8)CC[C@@]4(O)C(C2)N(C)CC[C@@]134. The third-order valence-electron chi connectivity index (χ3n) is 13.3. The minimum atomic E-state index is -1.01. The Kier molecular flexibility index (Phi) is 5.88. The number of likely N-dealkylation sites (N-methyl/N-ethyl adjacent to an activating group) is 2. The van der Waals surface area contributed by atoms with Gasteiger partial charge in [0.15, 0.2) is 35.7 Å². The zero-order valence-corrected chi connectivity index (χ0v) is 27.5. The van der Waals surface area contributed by atoms with Crippen molar-refractivity contribution >= 4 is 5.97 Å². The molecular formula is C37H41N3O8. The highest BCUT2D eigenvalue weighted by atomic mass is 16.7. The number of hydrogen-bond donors (Lipinski definition) is 3. The summed E-state index contributed by atoms with van der Waals surface area (Å²) in [6.45, 7) is 1.39. The van der Waals surface area contributed by atoms with Gasteiger partial charge in [-0.1, -0.05) is 18.2 Å². The van der Waals surface area contributed by atoms with Crippen molar-refractivity contribution in [3.63, 3.8) is 0 Å². The van der Waals surface area contributed by atoms with Crippen LogP contribution >= 0.6 is 0 Å². The number of hydrogen-bond acceptors (Lipinski definition) is 11. The summed E-state index contributed by atoms with van der Waals surface area (Å²) in [6, 6.07) is 8.06. The number of nitrogens with zero attached hydrogens (tertiary/aromatic N) is 2. The summed E-state index contributed by atoms with van der Waals surface area (Å²) in [5, 5.41) is 23.3. The minimum Gasteiger partial charge on any atom is -0.504 e. The molecule has 3 unspecified atom stereocenters. The summed E-state index contributed by atoms with van der Waals surface area (Å²) >= 11 is 0. The first kappa shape index (κ1) is 29.2. The van der Waals surface area contributed by atoms with Gasteiger partial charge < -0.3 is 39.0 Å². The van der Waals surface area contributed by atoms with Gasteiger partial charge in [0.25, 0.3) is 0 Å². The van der Waals surface area contributed by atoms with E-state index < -0.39 is 29.2 Å². The number of piperidine rings is 2. The second-order valence-electron chi connectivity index (χ2n) is 15.1. The number of nitrogens with one attached hydrogen (secondary N) is 1. The number of allylic oxidation sites excluding steroid dienone is 1. The second kappa shape index (κ2) is 9.68. The second-order valence-corrected chi connectivity index (χ2v) is 15.1. The molecule has 8 atom stereocenters. The number of carbonyl (C=O) groups excluding carboxylic acids is 1. The number of carbonyl (C=O) groups is 1. The topological polar surface area (TPSA) is 122 Å². The van der Waals surface area contributed by atoms with Crippen LogP contribution in [0.1, 0.15) is 47.9 Å². The summed E-state index contributed by atoms with van der Waals surface area (Å²) in [7, 11) is 5.89. The zero-order valence-electron chi connectivity index (χ0n) is 27.5. The highest BCUT2D eigenvalue weighted by molar-refractivity contribution is 5.72. The first-order valence-corrected chi connectivity index (χ1v) is 17.2. The maximum atomic E-state index is 13.4. The number of aromatic hydroxyl groups is 1. The maximum absolute atomic E-state index is 13.4. The fraction of sp³-hybridized carbons (Fsp3) is 0.541. The molecule has 2 spiro atoms. The van der Waals surface area contributed by atoms with E-state index in [0.29, 0.717) is 48.3 Å². The van der Waals surface area contributed by atoms with E-state index in [2.05, 4.69) is 41.5 Å². The number of rotatable bonds is 6. The van der Waals surface area contributed by atoms with Crippen molar-refractivity contribution in [3.8, 4) is 23.0 Å². The summed E-state index contributed by atoms with van der Waals surface area (Å²) in [5.41, 5.74) is 6.17. The number of ether oxygens (including phenoxy) is 4. The largest absolute Gasteiger partial charge is 0.504 e. The number of phenols is 1. The summed E-state index contributed by atoms with van der Waals surface area (Å²) in [6.07, 6.45) is 7.33. The van der Waals surface area contributed by atoms with E-state index in [1.54, 1.807) is 13.2 Å². The quantitative estimate of drug-likeness (QED) is 0.242. The lowest BCUT2D eigenvalue weighted by Gasteiger charge is -2.60. The Labute approximate surface area is 279 Å². The van der Waals surface area contributed by atoms with Crippen LogP contribution in [0.15, 0.2) is 47.9 Å². The summed E-state index contributed by atoms with van der Waals surface area (Å²) in [4.78, 5) is 23.9. The van der Waals surface area contributed by atoms with E-state index >= 15 is 0 Å². The first-order chi connectivity index (χ1) is 23.2. The van der Waals surface area contributed by atoms with Crippen molar-refractivity contribution < 1.29 is 38.8 Å². The molecule has 2 saturated heterocycles. The summed E-state index contributed by atoms with van der Waals surface area (Å²) < 4.78 is 24.9. The standard InChI is InChI=1S/C37H41N3O8/c1-39-14-12-35-21-6-9-26(34(35)47-31-24(41)7-4-19(29(31)35)16-23(21)39)46-28(42)18-45-38-22-10-11-37(43)27-17-20-5-8-25(44-3)32-30(20)36(37,33(22)48-32)13-15-40(27)2/h4-9,21,23,26-27,34,38,41,43H,10-18H2,1-3H3/t21?,23?,26-,27?,34-,35-,36-,37+/m0/s1. The molecule has 8 aliphatic rings. The van der Waals surface area contributed by atoms with Crippen LogP contribution in [-0.2, 0) is 38.0 Å². The number of likely N-dealkylation sites (tertiary alicyclic amines) is 2. The zero-order chi connectivity index (χ0) is 32.7. The van der Waals surface area contributed by atoms with E-state index in [-0.39, 0.29) is 29.7 Å². The highest BCUT2D eigenvalue weighted by Crippen LogP contribution is 2.67. The van der Waals surface area contributed by atoms with Crippen LogP contribution in [0.3, 0.4) is 0 Å². The number of benzene rings is 2. The summed E-state index contributed by atoms with van der Waals surface area (Å²) in [5.74, 6) is 2.32. The van der Waals surface area contributed by atoms with Crippen molar-refractivity contribution in [3.05, 3.63) is 70.1 Å². The van der Waals surface area contributed by atoms with Gasteiger partial charge in [-0.3, -0.25) is 10.3 Å². The van der Waals surface area contributed by atoms with Crippen LogP contribution in [-0.4, -0.2) is 96.8 Å². The van der Waals surface area contributed by atoms with Crippen molar-refractivity contribution in [1.29, 1.82) is 0 Å². The lowest BCUT2D eigenvalue weighted by Crippen LogP contribution is -2.72. The Morgan fingerprint density at radius 3 is 2.69 bits per heavy atom. The predicted molar refractivity (Wildman–Crippen MR) is 172 cm³/mol. The van der Waals surface area contributed by atoms with Crippen molar-refractivity contribution in [2.75, 3.05) is 40.9 Å². The van der Waals surface area contributed by atoms with E-state index in [1.807, 2.05) is 18.2 Å². The van der Waals surface area contributed by atoms with Crippen molar-refractivity contribution in [1.82, 2.24) is 15.3 Å². The fourth-order valence-corrected chi connectivity index (χ4v) is 11.3. The van der Waals surface area contributed by atoms with Gasteiger partial charge in [-0.15, -0.1) is 0 Å². The lowest BCUT2D eigenvalue weighted by atomic mass is 9.51. The molecule has 3 N–H and O–H groups in total. The molecule has 0 aromatic heterocycles. The van der Waals surface area contributed by atoms with E-state index in [9.17, 15) is 15.0 Å². The van der Waals surface area contributed by atoms with E-state index in [4.69, 9.17) is 23.8 Å². The molecule has 2 fully saturated rings. The molecule has 4 aliphatic heterocycles. The van der Waals surface area contributed by atoms with Gasteiger partial charge in [-0.25, -0.2) is 4.79 Å². The van der Waals surface area contributed by atoms with Crippen LogP contribution in [0.4, 0.5) is 0 Å². The Morgan fingerprint density at radius 2 is 1.83 bits per heavy atom. The van der Waals surface area contributed by atoms with Gasteiger partial charge in [-0.05, 0) is 95.0 Å². The van der Waals surface area contributed by atoms with Crippen molar-refractivity contribution in [2.24, 2.45) is 5.92 Å². The van der Waals surface area contributed by atoms with Gasteiger partial charge in [0.1, 0.15) is 11.9 Å². The molecule has 10 rings (SSSR count). The molecule has 4 aliphatic carbocycles. The molecule has 11 heteroatoms. The highest BCUT2D eigenvalue weighted by Gasteiger charge is 2.70. The van der Waals surface area contributed by atoms with Gasteiger partial charge in [0.05, 0.1) is 23.8 Å². The number of methoxy groups -OCH3 is 1. The molecule has 0 saturated carbocycles. The average molecular weight is 656 g/mol. The predicted octanol–water partition coefficient (Wildman–Crippen LogP) is 2.61. The Morgan fingerprint density at radius 1 is 1.02 bits per heavy atom. The van der Waals surface area contributed by atoms with Gasteiger partial charge in [0, 0.05) is 34.5 Å². The van der Waals surface area contributed by atoms with Gasteiger partial charge >= 0.3 is 5.97 Å². The Hall–Kier alpha value is -3.77. The van der Waals surface area contributed by atoms with Crippen LogP contribution in [0.5, 0.6) is 23.0 Å². The van der Waals surface area contributed by atoms with Crippen LogP contribution in [0, 0.1) is 5.92 Å². The normalized spacial score (nSPS) is 37.7. The minimum absolute atomic E-state index is 0.0392. The molecule has 2 aromatic carbocycles. The molecule has 4 heterocycles. The van der Waals surface area contributed by atoms with E-state index in [0.717, 1.165) is 49.2 Å². The monoisotopic (exact) mass is 655 g/mol. The Balaban J connectivity index is 0.905. The molecule has 0 radical (unpaired) electrons. The number of hydroxylamine groups is 1. The lowest BCUT2D eigenvalue weighted by molar-refractivity contribution is -0.163. The number of esters is 1. The number of aliphatic hydroxyl groups is 1. The molecule has 4 bridgehead atoms. The molecular weight excluding hydrogens is 614 g/mol. The van der Waals surface area contributed by atoms with E-state index in [1.165, 1.54) is 11.1 Å². The van der Waals surface area contributed by atoms with Crippen LogP contribution in [0.2, 0.25) is 0 Å². The number of phenolic OH excluding ortho intramolecular Hbond substituents is 1. The molecule has 48 heavy (non-hydrogen) atoms. The third kappa shape index (κ3) is 3.36. The van der Waals surface area contributed by atoms with Gasteiger partial charge in [0.2, 0.25) is 0 Å². The van der Waals surface area contributed by atoms with Gasteiger partial charge in [-0.2, -0.15) is 0 Å². The van der Waals surface area contributed by atoms with Crippen LogP contribution in [0.25, 0.3) is 0 Å². The maximum Gasteiger partial charge on any atom is 0.335 e.